The van der Waals surface area contributed by atoms with Crippen molar-refractivity contribution in [1.82, 2.24) is 5.32 Å². The summed E-state index contributed by atoms with van der Waals surface area (Å²) in [7, 11) is 0. The molecule has 0 fully saturated rings. The van der Waals surface area contributed by atoms with Gasteiger partial charge in [-0.25, -0.2) is 0 Å². The molecule has 1 amide bonds. The molecule has 27 heavy (non-hydrogen) atoms. The van der Waals surface area contributed by atoms with E-state index in [1.807, 2.05) is 31.2 Å². The second-order valence-electron chi connectivity index (χ2n) is 5.87. The molecule has 3 aromatic rings. The van der Waals surface area contributed by atoms with Crippen molar-refractivity contribution in [2.45, 2.75) is 13.5 Å². The molecule has 0 aliphatic carbocycles. The SMILES string of the molecule is Cc1ccc(-c2ccc(CO)o2)cc1NC(=S)NC(=O)c1cccc(Br)c1. The van der Waals surface area contributed by atoms with Gasteiger partial charge in [-0.05, 0) is 61.1 Å². The summed E-state index contributed by atoms with van der Waals surface area (Å²) in [5.74, 6) is 0.851. The number of anilines is 1. The lowest BCUT2D eigenvalue weighted by molar-refractivity contribution is 0.0977. The number of hydrogen-bond donors (Lipinski definition) is 3. The zero-order chi connectivity index (χ0) is 19.4. The van der Waals surface area contributed by atoms with Crippen molar-refractivity contribution in [3.63, 3.8) is 0 Å². The van der Waals surface area contributed by atoms with Crippen molar-refractivity contribution >= 4 is 44.9 Å². The fraction of sp³-hybridized carbons (Fsp3) is 0.100. The number of rotatable bonds is 4. The number of furan rings is 1. The number of benzene rings is 2. The number of aliphatic hydroxyl groups excluding tert-OH is 1. The number of aliphatic hydroxyl groups is 1. The van der Waals surface area contributed by atoms with Crippen LogP contribution in [0, 0.1) is 6.92 Å². The summed E-state index contributed by atoms with van der Waals surface area (Å²) in [6.45, 7) is 1.79. The van der Waals surface area contributed by atoms with Gasteiger partial charge in [-0.15, -0.1) is 0 Å². The molecule has 1 heterocycles. The average Bonchev–Trinajstić information content (AvgIpc) is 3.12. The van der Waals surface area contributed by atoms with E-state index < -0.39 is 0 Å². The molecule has 0 saturated heterocycles. The van der Waals surface area contributed by atoms with Crippen LogP contribution in [0.1, 0.15) is 21.7 Å². The standard InChI is InChI=1S/C20H17BrN2O3S/c1-12-5-6-13(18-8-7-16(11-24)26-18)10-17(12)22-20(27)23-19(25)14-3-2-4-15(21)9-14/h2-10,24H,11H2,1H3,(H2,22,23,25,27). The van der Waals surface area contributed by atoms with Crippen molar-refractivity contribution in [1.29, 1.82) is 0 Å². The predicted molar refractivity (Wildman–Crippen MR) is 113 cm³/mol. The molecular weight excluding hydrogens is 428 g/mol. The van der Waals surface area contributed by atoms with Crippen LogP contribution in [0.2, 0.25) is 0 Å². The Morgan fingerprint density at radius 3 is 2.70 bits per heavy atom. The maximum atomic E-state index is 12.3. The van der Waals surface area contributed by atoms with E-state index in [2.05, 4.69) is 26.6 Å². The van der Waals surface area contributed by atoms with E-state index in [-0.39, 0.29) is 17.6 Å². The van der Waals surface area contributed by atoms with Crippen LogP contribution in [-0.4, -0.2) is 16.1 Å². The molecule has 0 atom stereocenters. The Labute approximate surface area is 170 Å². The summed E-state index contributed by atoms with van der Waals surface area (Å²) in [5.41, 5.74) is 3.07. The molecule has 2 aromatic carbocycles. The van der Waals surface area contributed by atoms with Gasteiger partial charge in [0.2, 0.25) is 0 Å². The minimum Gasteiger partial charge on any atom is -0.459 e. The third kappa shape index (κ3) is 4.82. The van der Waals surface area contributed by atoms with Crippen molar-refractivity contribution in [2.24, 2.45) is 0 Å². The Morgan fingerprint density at radius 1 is 1.19 bits per heavy atom. The molecule has 0 unspecified atom stereocenters. The zero-order valence-electron chi connectivity index (χ0n) is 14.5. The molecule has 138 valence electrons. The van der Waals surface area contributed by atoms with E-state index in [0.717, 1.165) is 21.3 Å². The summed E-state index contributed by atoms with van der Waals surface area (Å²) in [5, 5.41) is 15.1. The van der Waals surface area contributed by atoms with E-state index in [4.69, 9.17) is 21.7 Å². The lowest BCUT2D eigenvalue weighted by Crippen LogP contribution is -2.34. The molecule has 0 saturated carbocycles. The number of carbonyl (C=O) groups is 1. The normalized spacial score (nSPS) is 10.5. The minimum atomic E-state index is -0.291. The van der Waals surface area contributed by atoms with E-state index >= 15 is 0 Å². The quantitative estimate of drug-likeness (QED) is 0.511. The number of hydrogen-bond acceptors (Lipinski definition) is 4. The van der Waals surface area contributed by atoms with Crippen LogP contribution in [0.5, 0.6) is 0 Å². The Bertz CT molecular complexity index is 1000. The molecule has 3 N–H and O–H groups in total. The summed E-state index contributed by atoms with van der Waals surface area (Å²) < 4.78 is 6.39. The van der Waals surface area contributed by atoms with Gasteiger partial charge >= 0.3 is 0 Å². The first-order chi connectivity index (χ1) is 13.0. The first-order valence-electron chi connectivity index (χ1n) is 8.15. The van der Waals surface area contributed by atoms with Crippen LogP contribution in [0.3, 0.4) is 0 Å². The lowest BCUT2D eigenvalue weighted by Gasteiger charge is -2.13. The third-order valence-corrected chi connectivity index (χ3v) is 4.60. The molecular formula is C20H17BrN2O3S. The number of nitrogens with one attached hydrogen (secondary N) is 2. The van der Waals surface area contributed by atoms with Gasteiger partial charge in [0.15, 0.2) is 5.11 Å². The number of carbonyl (C=O) groups excluding carboxylic acids is 1. The number of amides is 1. The van der Waals surface area contributed by atoms with E-state index in [0.29, 0.717) is 17.1 Å². The van der Waals surface area contributed by atoms with Crippen molar-refractivity contribution in [3.05, 3.63) is 76.0 Å². The molecule has 7 heteroatoms. The Morgan fingerprint density at radius 2 is 2.00 bits per heavy atom. The first-order valence-corrected chi connectivity index (χ1v) is 9.35. The van der Waals surface area contributed by atoms with E-state index in [1.54, 1.807) is 30.3 Å². The molecule has 0 radical (unpaired) electrons. The Kier molecular flexibility index (Phi) is 6.05. The monoisotopic (exact) mass is 444 g/mol. The molecule has 1 aromatic heterocycles. The van der Waals surface area contributed by atoms with Gasteiger partial charge in [0.1, 0.15) is 18.1 Å². The fourth-order valence-corrected chi connectivity index (χ4v) is 3.09. The van der Waals surface area contributed by atoms with Gasteiger partial charge in [0, 0.05) is 21.3 Å². The first kappa shape index (κ1) is 19.3. The van der Waals surface area contributed by atoms with Crippen LogP contribution in [0.4, 0.5) is 5.69 Å². The van der Waals surface area contributed by atoms with Crippen molar-refractivity contribution in [2.75, 3.05) is 5.32 Å². The zero-order valence-corrected chi connectivity index (χ0v) is 16.9. The Balaban J connectivity index is 1.73. The van der Waals surface area contributed by atoms with Gasteiger partial charge in [-0.2, -0.15) is 0 Å². The van der Waals surface area contributed by atoms with Gasteiger partial charge in [0.25, 0.3) is 5.91 Å². The topological polar surface area (TPSA) is 74.5 Å². The van der Waals surface area contributed by atoms with E-state index in [9.17, 15) is 4.79 Å². The number of thiocarbonyl (C=S) groups is 1. The lowest BCUT2D eigenvalue weighted by atomic mass is 10.1. The van der Waals surface area contributed by atoms with Crippen LogP contribution in [0.15, 0.2) is 63.5 Å². The molecule has 5 nitrogen and oxygen atoms in total. The molecule has 3 rings (SSSR count). The average molecular weight is 445 g/mol. The molecule has 0 aliphatic rings. The largest absolute Gasteiger partial charge is 0.459 e. The Hall–Kier alpha value is -2.48. The molecule has 0 spiro atoms. The fourth-order valence-electron chi connectivity index (χ4n) is 2.49. The van der Waals surface area contributed by atoms with E-state index in [1.165, 1.54) is 0 Å². The number of halogens is 1. The smallest absolute Gasteiger partial charge is 0.257 e. The minimum absolute atomic E-state index is 0.150. The number of aryl methyl sites for hydroxylation is 1. The second kappa shape index (κ2) is 8.47. The van der Waals surface area contributed by atoms with Crippen molar-refractivity contribution < 1.29 is 14.3 Å². The highest BCUT2D eigenvalue weighted by Gasteiger charge is 2.11. The van der Waals surface area contributed by atoms with Crippen LogP contribution in [0.25, 0.3) is 11.3 Å². The highest BCUT2D eigenvalue weighted by atomic mass is 79.9. The highest BCUT2D eigenvalue weighted by molar-refractivity contribution is 9.10. The summed E-state index contributed by atoms with van der Waals surface area (Å²) in [4.78, 5) is 12.3. The van der Waals surface area contributed by atoms with Gasteiger partial charge < -0.3 is 14.8 Å². The molecule has 0 aliphatic heterocycles. The van der Waals surface area contributed by atoms with Crippen LogP contribution < -0.4 is 10.6 Å². The van der Waals surface area contributed by atoms with Gasteiger partial charge in [-0.3, -0.25) is 10.1 Å². The van der Waals surface area contributed by atoms with Crippen LogP contribution in [-0.2, 0) is 6.61 Å². The summed E-state index contributed by atoms with van der Waals surface area (Å²) in [6, 6.07) is 16.3. The van der Waals surface area contributed by atoms with Gasteiger partial charge in [-0.1, -0.05) is 34.1 Å². The predicted octanol–water partition coefficient (Wildman–Crippen LogP) is 4.64. The summed E-state index contributed by atoms with van der Waals surface area (Å²) >= 11 is 8.62. The maximum absolute atomic E-state index is 12.3. The van der Waals surface area contributed by atoms with Crippen LogP contribution >= 0.6 is 28.1 Å². The maximum Gasteiger partial charge on any atom is 0.257 e. The summed E-state index contributed by atoms with van der Waals surface area (Å²) in [6.07, 6.45) is 0. The second-order valence-corrected chi connectivity index (χ2v) is 7.20. The third-order valence-electron chi connectivity index (χ3n) is 3.90. The highest BCUT2D eigenvalue weighted by Crippen LogP contribution is 2.27. The van der Waals surface area contributed by atoms with Crippen molar-refractivity contribution in [3.8, 4) is 11.3 Å². The molecule has 0 bridgehead atoms. The van der Waals surface area contributed by atoms with Gasteiger partial charge in [0.05, 0.1) is 0 Å².